The highest BCUT2D eigenvalue weighted by molar-refractivity contribution is 7.18. The van der Waals surface area contributed by atoms with Gasteiger partial charge in [0.1, 0.15) is 17.0 Å². The van der Waals surface area contributed by atoms with Crippen LogP contribution in [0.5, 0.6) is 0 Å². The first-order valence-corrected chi connectivity index (χ1v) is 10.3. The Balaban J connectivity index is 1.52. The van der Waals surface area contributed by atoms with E-state index < -0.39 is 0 Å². The van der Waals surface area contributed by atoms with Gasteiger partial charge >= 0.3 is 0 Å². The SMILES string of the molecule is Cc1sc2ncnc(NCc3cccc(C(=O)N4CCCCC4)c3)c2c1C. The Hall–Kier alpha value is -2.47. The van der Waals surface area contributed by atoms with E-state index in [0.29, 0.717) is 6.54 Å². The number of nitrogens with one attached hydrogen (secondary N) is 1. The first-order valence-electron chi connectivity index (χ1n) is 9.46. The van der Waals surface area contributed by atoms with E-state index in [2.05, 4.69) is 29.1 Å². The minimum Gasteiger partial charge on any atom is -0.365 e. The summed E-state index contributed by atoms with van der Waals surface area (Å²) < 4.78 is 0. The monoisotopic (exact) mass is 380 g/mol. The van der Waals surface area contributed by atoms with E-state index in [0.717, 1.165) is 53.1 Å². The summed E-state index contributed by atoms with van der Waals surface area (Å²) in [5, 5.41) is 4.53. The lowest BCUT2D eigenvalue weighted by atomic mass is 10.1. The van der Waals surface area contributed by atoms with Gasteiger partial charge in [0.15, 0.2) is 0 Å². The van der Waals surface area contributed by atoms with E-state index in [4.69, 9.17) is 0 Å². The summed E-state index contributed by atoms with van der Waals surface area (Å²) in [6.45, 7) is 6.59. The second-order valence-corrected chi connectivity index (χ2v) is 8.30. The third-order valence-electron chi connectivity index (χ3n) is 5.24. The van der Waals surface area contributed by atoms with E-state index in [9.17, 15) is 4.79 Å². The van der Waals surface area contributed by atoms with E-state index in [1.54, 1.807) is 17.7 Å². The van der Waals surface area contributed by atoms with Crippen molar-refractivity contribution in [3.63, 3.8) is 0 Å². The summed E-state index contributed by atoms with van der Waals surface area (Å²) in [5.74, 6) is 1.000. The zero-order valence-electron chi connectivity index (χ0n) is 15.8. The molecule has 1 aliphatic heterocycles. The van der Waals surface area contributed by atoms with Crippen LogP contribution in [0.25, 0.3) is 10.2 Å². The number of aromatic nitrogens is 2. The molecular formula is C21H24N4OS. The number of amides is 1. The third kappa shape index (κ3) is 3.67. The number of hydrogen-bond donors (Lipinski definition) is 1. The standard InChI is InChI=1S/C21H24N4OS/c1-14-15(2)27-20-18(14)19(23-13-24-20)22-12-16-7-6-8-17(11-16)21(26)25-9-4-3-5-10-25/h6-8,11,13H,3-5,9-10,12H2,1-2H3,(H,22,23,24). The van der Waals surface area contributed by atoms with E-state index in [-0.39, 0.29) is 5.91 Å². The van der Waals surface area contributed by atoms with Crippen LogP contribution in [0.2, 0.25) is 0 Å². The average Bonchev–Trinajstić information content (AvgIpc) is 3.01. The molecule has 0 spiro atoms. The van der Waals surface area contributed by atoms with Crippen molar-refractivity contribution in [2.24, 2.45) is 0 Å². The zero-order valence-corrected chi connectivity index (χ0v) is 16.6. The Morgan fingerprint density at radius 3 is 2.81 bits per heavy atom. The normalized spacial score (nSPS) is 14.5. The van der Waals surface area contributed by atoms with Crippen LogP contribution < -0.4 is 5.32 Å². The van der Waals surface area contributed by atoms with Gasteiger partial charge in [-0.1, -0.05) is 12.1 Å². The Bertz CT molecular complexity index is 975. The summed E-state index contributed by atoms with van der Waals surface area (Å²) in [5.41, 5.74) is 3.08. The predicted molar refractivity (Wildman–Crippen MR) is 110 cm³/mol. The minimum atomic E-state index is 0.144. The van der Waals surface area contributed by atoms with Crippen LogP contribution in [0.1, 0.15) is 45.6 Å². The number of hydrogen-bond acceptors (Lipinski definition) is 5. The molecule has 6 heteroatoms. The fourth-order valence-electron chi connectivity index (χ4n) is 3.60. The van der Waals surface area contributed by atoms with Crippen molar-refractivity contribution in [2.75, 3.05) is 18.4 Å². The number of fused-ring (bicyclic) bond motifs is 1. The van der Waals surface area contributed by atoms with Gasteiger partial charge in [-0.3, -0.25) is 4.79 Å². The van der Waals surface area contributed by atoms with Crippen LogP contribution in [-0.2, 0) is 6.54 Å². The molecule has 1 amide bonds. The molecule has 140 valence electrons. The van der Waals surface area contributed by atoms with Gasteiger partial charge in [-0.25, -0.2) is 9.97 Å². The topological polar surface area (TPSA) is 58.1 Å². The van der Waals surface area contributed by atoms with Crippen LogP contribution in [-0.4, -0.2) is 33.9 Å². The van der Waals surface area contributed by atoms with Gasteiger partial charge in [-0.15, -0.1) is 11.3 Å². The number of benzene rings is 1. The van der Waals surface area contributed by atoms with Gasteiger partial charge in [0.25, 0.3) is 5.91 Å². The fraction of sp³-hybridized carbons (Fsp3) is 0.381. The van der Waals surface area contributed by atoms with Crippen LogP contribution in [0, 0.1) is 13.8 Å². The highest BCUT2D eigenvalue weighted by Crippen LogP contribution is 2.32. The number of nitrogens with zero attached hydrogens (tertiary/aromatic N) is 3. The molecule has 5 nitrogen and oxygen atoms in total. The molecule has 0 aliphatic carbocycles. The molecule has 2 aromatic heterocycles. The number of aryl methyl sites for hydroxylation is 2. The Morgan fingerprint density at radius 1 is 1.19 bits per heavy atom. The molecule has 1 aliphatic rings. The summed E-state index contributed by atoms with van der Waals surface area (Å²) in [4.78, 5) is 25.8. The van der Waals surface area contributed by atoms with Crippen molar-refractivity contribution in [1.82, 2.24) is 14.9 Å². The molecule has 4 rings (SSSR count). The molecule has 3 heterocycles. The number of carbonyl (C=O) groups excluding carboxylic acids is 1. The van der Waals surface area contributed by atoms with Crippen LogP contribution >= 0.6 is 11.3 Å². The summed E-state index contributed by atoms with van der Waals surface area (Å²) in [6.07, 6.45) is 5.05. The average molecular weight is 381 g/mol. The quantitative estimate of drug-likeness (QED) is 0.722. The van der Waals surface area contributed by atoms with Gasteiger partial charge in [0.05, 0.1) is 5.39 Å². The molecule has 27 heavy (non-hydrogen) atoms. The van der Waals surface area contributed by atoms with Crippen molar-refractivity contribution >= 4 is 33.3 Å². The van der Waals surface area contributed by atoms with Crippen molar-refractivity contribution in [3.05, 3.63) is 52.2 Å². The zero-order chi connectivity index (χ0) is 18.8. The molecule has 0 bridgehead atoms. The first kappa shape index (κ1) is 17.9. The molecule has 1 aromatic carbocycles. The molecule has 0 saturated carbocycles. The Morgan fingerprint density at radius 2 is 2.00 bits per heavy atom. The van der Waals surface area contributed by atoms with Crippen LogP contribution in [0.15, 0.2) is 30.6 Å². The highest BCUT2D eigenvalue weighted by Gasteiger charge is 2.18. The second kappa shape index (κ2) is 7.64. The minimum absolute atomic E-state index is 0.144. The van der Waals surface area contributed by atoms with Crippen molar-refractivity contribution in [3.8, 4) is 0 Å². The van der Waals surface area contributed by atoms with Crippen molar-refractivity contribution < 1.29 is 4.79 Å². The van der Waals surface area contributed by atoms with Gasteiger partial charge in [-0.2, -0.15) is 0 Å². The number of anilines is 1. The van der Waals surface area contributed by atoms with Gasteiger partial charge in [0.2, 0.25) is 0 Å². The largest absolute Gasteiger partial charge is 0.365 e. The number of thiophene rings is 1. The first-order chi connectivity index (χ1) is 13.1. The summed E-state index contributed by atoms with van der Waals surface area (Å²) in [7, 11) is 0. The maximum absolute atomic E-state index is 12.7. The van der Waals surface area contributed by atoms with E-state index in [1.807, 2.05) is 29.2 Å². The van der Waals surface area contributed by atoms with Gasteiger partial charge in [0, 0.05) is 30.1 Å². The number of likely N-dealkylation sites (tertiary alicyclic amines) is 1. The lowest BCUT2D eigenvalue weighted by Gasteiger charge is -2.26. The number of piperidine rings is 1. The molecule has 1 saturated heterocycles. The number of carbonyl (C=O) groups is 1. The third-order valence-corrected chi connectivity index (χ3v) is 6.36. The maximum atomic E-state index is 12.7. The number of rotatable bonds is 4. The molecule has 0 atom stereocenters. The van der Waals surface area contributed by atoms with Gasteiger partial charge < -0.3 is 10.2 Å². The van der Waals surface area contributed by atoms with E-state index >= 15 is 0 Å². The maximum Gasteiger partial charge on any atom is 0.253 e. The lowest BCUT2D eigenvalue weighted by molar-refractivity contribution is 0.0724. The smallest absolute Gasteiger partial charge is 0.253 e. The summed E-state index contributed by atoms with van der Waals surface area (Å²) >= 11 is 1.70. The lowest BCUT2D eigenvalue weighted by Crippen LogP contribution is -2.35. The van der Waals surface area contributed by atoms with Crippen LogP contribution in [0.4, 0.5) is 5.82 Å². The molecule has 1 N–H and O–H groups in total. The predicted octanol–water partition coefficient (Wildman–Crippen LogP) is 4.55. The molecule has 1 fully saturated rings. The Labute approximate surface area is 163 Å². The second-order valence-electron chi connectivity index (χ2n) is 7.09. The molecular weight excluding hydrogens is 356 g/mol. The van der Waals surface area contributed by atoms with Crippen molar-refractivity contribution in [2.45, 2.75) is 39.7 Å². The molecule has 0 radical (unpaired) electrons. The fourth-order valence-corrected chi connectivity index (χ4v) is 4.59. The Kier molecular flexibility index (Phi) is 5.07. The molecule has 0 unspecified atom stereocenters. The highest BCUT2D eigenvalue weighted by atomic mass is 32.1. The molecule has 3 aromatic rings. The van der Waals surface area contributed by atoms with Gasteiger partial charge in [-0.05, 0) is 56.4 Å². The van der Waals surface area contributed by atoms with Crippen LogP contribution in [0.3, 0.4) is 0 Å². The van der Waals surface area contributed by atoms with E-state index in [1.165, 1.54) is 16.9 Å². The summed E-state index contributed by atoms with van der Waals surface area (Å²) in [6, 6.07) is 7.91. The van der Waals surface area contributed by atoms with Crippen molar-refractivity contribution in [1.29, 1.82) is 0 Å².